The van der Waals surface area contributed by atoms with Gasteiger partial charge in [0.1, 0.15) is 0 Å². The SMILES string of the molecule is C=CC(=C\C=C\C#N)/C(=C/C=C/C)C(/C)=C(/C)CC. The zero-order valence-electron chi connectivity index (χ0n) is 12.4. The monoisotopic (exact) mass is 253 g/mol. The van der Waals surface area contributed by atoms with Crippen molar-refractivity contribution in [1.29, 1.82) is 5.26 Å². The molecule has 0 fully saturated rings. The molecule has 0 unspecified atom stereocenters. The van der Waals surface area contributed by atoms with Crippen molar-refractivity contribution in [3.63, 3.8) is 0 Å². The highest BCUT2D eigenvalue weighted by Gasteiger charge is 2.05. The van der Waals surface area contributed by atoms with Gasteiger partial charge in [-0.25, -0.2) is 0 Å². The smallest absolute Gasteiger partial charge is 0.0912 e. The second kappa shape index (κ2) is 9.91. The lowest BCUT2D eigenvalue weighted by atomic mass is 9.93. The topological polar surface area (TPSA) is 23.8 Å². The van der Waals surface area contributed by atoms with Crippen molar-refractivity contribution in [1.82, 2.24) is 0 Å². The van der Waals surface area contributed by atoms with Crippen LogP contribution in [-0.2, 0) is 0 Å². The second-order valence-corrected chi connectivity index (χ2v) is 4.18. The van der Waals surface area contributed by atoms with Crippen LogP contribution in [0, 0.1) is 11.3 Å². The lowest BCUT2D eigenvalue weighted by molar-refractivity contribution is 1.06. The minimum Gasteiger partial charge on any atom is -0.193 e. The maximum atomic E-state index is 8.54. The number of rotatable bonds is 6. The molecule has 0 radical (unpaired) electrons. The van der Waals surface area contributed by atoms with Gasteiger partial charge in [0.25, 0.3) is 0 Å². The zero-order chi connectivity index (χ0) is 14.7. The van der Waals surface area contributed by atoms with Crippen molar-refractivity contribution < 1.29 is 0 Å². The highest BCUT2D eigenvalue weighted by molar-refractivity contribution is 5.54. The van der Waals surface area contributed by atoms with E-state index in [9.17, 15) is 0 Å². The van der Waals surface area contributed by atoms with Gasteiger partial charge in [-0.15, -0.1) is 0 Å². The average molecular weight is 253 g/mol. The Bertz CT molecular complexity index is 488. The highest BCUT2D eigenvalue weighted by atomic mass is 14.2. The van der Waals surface area contributed by atoms with Crippen LogP contribution in [0.1, 0.15) is 34.1 Å². The van der Waals surface area contributed by atoms with Crippen LogP contribution in [0.25, 0.3) is 0 Å². The molecule has 0 heterocycles. The standard InChI is InChI=1S/C18H23N/c1-6-9-13-18(16(5)15(4)7-2)17(8-3)12-10-11-14-19/h6,8-13H,3,7H2,1-2,4-5H3/b9-6+,11-10+,16-15-,17-12+,18-13+. The number of allylic oxidation sites excluding steroid dienone is 11. The maximum Gasteiger partial charge on any atom is 0.0912 e. The Hall–Kier alpha value is -2.07. The summed E-state index contributed by atoms with van der Waals surface area (Å²) < 4.78 is 0. The van der Waals surface area contributed by atoms with Gasteiger partial charge < -0.3 is 0 Å². The molecule has 0 aromatic rings. The average Bonchev–Trinajstić information content (AvgIpc) is 2.44. The third kappa shape index (κ3) is 5.88. The Kier molecular flexibility index (Phi) is 8.83. The van der Waals surface area contributed by atoms with Gasteiger partial charge in [-0.1, -0.05) is 55.5 Å². The Labute approximate surface area is 117 Å². The molecule has 0 aromatic carbocycles. The fourth-order valence-corrected chi connectivity index (χ4v) is 1.59. The minimum absolute atomic E-state index is 1.02. The Morgan fingerprint density at radius 1 is 1.21 bits per heavy atom. The summed E-state index contributed by atoms with van der Waals surface area (Å²) in [6.45, 7) is 12.3. The van der Waals surface area contributed by atoms with Gasteiger partial charge in [0.05, 0.1) is 6.07 Å². The summed E-state index contributed by atoms with van der Waals surface area (Å²) in [6.07, 6.45) is 14.1. The van der Waals surface area contributed by atoms with Crippen molar-refractivity contribution in [3.05, 3.63) is 71.4 Å². The molecular weight excluding hydrogens is 230 g/mol. The molecule has 0 amide bonds. The summed E-state index contributed by atoms with van der Waals surface area (Å²) in [6, 6.07) is 1.99. The Balaban J connectivity index is 5.74. The van der Waals surface area contributed by atoms with Crippen LogP contribution in [0.15, 0.2) is 71.4 Å². The van der Waals surface area contributed by atoms with Gasteiger partial charge in [0.2, 0.25) is 0 Å². The van der Waals surface area contributed by atoms with Crippen molar-refractivity contribution in [2.75, 3.05) is 0 Å². The van der Waals surface area contributed by atoms with Crippen molar-refractivity contribution in [2.45, 2.75) is 34.1 Å². The Morgan fingerprint density at radius 2 is 1.89 bits per heavy atom. The predicted molar refractivity (Wildman–Crippen MR) is 84.6 cm³/mol. The number of nitriles is 1. The molecule has 0 atom stereocenters. The Morgan fingerprint density at radius 3 is 2.37 bits per heavy atom. The van der Waals surface area contributed by atoms with E-state index < -0.39 is 0 Å². The van der Waals surface area contributed by atoms with E-state index in [0.29, 0.717) is 0 Å². The fraction of sp³-hybridized carbons (Fsp3) is 0.278. The normalized spacial score (nSPS) is 14.7. The largest absolute Gasteiger partial charge is 0.193 e. The van der Waals surface area contributed by atoms with Crippen molar-refractivity contribution >= 4 is 0 Å². The molecule has 0 bridgehead atoms. The third-order valence-corrected chi connectivity index (χ3v) is 3.01. The molecule has 1 nitrogen and oxygen atoms in total. The van der Waals surface area contributed by atoms with Gasteiger partial charge >= 0.3 is 0 Å². The van der Waals surface area contributed by atoms with E-state index in [1.807, 2.05) is 37.3 Å². The molecule has 0 saturated carbocycles. The fourth-order valence-electron chi connectivity index (χ4n) is 1.59. The molecule has 0 aromatic heterocycles. The van der Waals surface area contributed by atoms with E-state index in [2.05, 4.69) is 33.4 Å². The predicted octanol–water partition coefficient (Wildman–Crippen LogP) is 5.43. The number of nitrogens with zero attached hydrogens (tertiary/aromatic N) is 1. The van der Waals surface area contributed by atoms with Gasteiger partial charge in [0.15, 0.2) is 0 Å². The summed E-state index contributed by atoms with van der Waals surface area (Å²) in [5, 5.41) is 8.54. The molecule has 0 saturated heterocycles. The number of hydrogen-bond acceptors (Lipinski definition) is 1. The van der Waals surface area contributed by atoms with Crippen LogP contribution in [0.5, 0.6) is 0 Å². The molecule has 19 heavy (non-hydrogen) atoms. The van der Waals surface area contributed by atoms with E-state index in [4.69, 9.17) is 5.26 Å². The summed E-state index contributed by atoms with van der Waals surface area (Å²) in [7, 11) is 0. The molecule has 0 rings (SSSR count). The first-order valence-electron chi connectivity index (χ1n) is 6.51. The van der Waals surface area contributed by atoms with Crippen molar-refractivity contribution in [2.24, 2.45) is 0 Å². The van der Waals surface area contributed by atoms with Crippen LogP contribution in [-0.4, -0.2) is 0 Å². The summed E-state index contributed by atoms with van der Waals surface area (Å²) in [5.41, 5.74) is 4.79. The van der Waals surface area contributed by atoms with Crippen molar-refractivity contribution in [3.8, 4) is 6.07 Å². The first-order valence-corrected chi connectivity index (χ1v) is 6.51. The van der Waals surface area contributed by atoms with Gasteiger partial charge in [-0.05, 0) is 43.9 Å². The van der Waals surface area contributed by atoms with E-state index in [0.717, 1.165) is 17.6 Å². The van der Waals surface area contributed by atoms with Gasteiger partial charge in [-0.3, -0.25) is 0 Å². The molecule has 0 aliphatic carbocycles. The zero-order valence-corrected chi connectivity index (χ0v) is 12.4. The van der Waals surface area contributed by atoms with Crippen LogP contribution in [0.2, 0.25) is 0 Å². The van der Waals surface area contributed by atoms with Crippen LogP contribution in [0.4, 0.5) is 0 Å². The van der Waals surface area contributed by atoms with E-state index in [1.54, 1.807) is 6.08 Å². The van der Waals surface area contributed by atoms with Crippen LogP contribution in [0.3, 0.4) is 0 Å². The minimum atomic E-state index is 1.02. The molecule has 0 N–H and O–H groups in total. The van der Waals surface area contributed by atoms with E-state index in [-0.39, 0.29) is 0 Å². The first-order chi connectivity index (χ1) is 9.12. The summed E-state index contributed by atoms with van der Waals surface area (Å²) in [5.74, 6) is 0. The quantitative estimate of drug-likeness (QED) is 0.457. The summed E-state index contributed by atoms with van der Waals surface area (Å²) >= 11 is 0. The summed E-state index contributed by atoms with van der Waals surface area (Å²) in [4.78, 5) is 0. The first kappa shape index (κ1) is 16.9. The lowest BCUT2D eigenvalue weighted by Crippen LogP contribution is -1.93. The van der Waals surface area contributed by atoms with E-state index >= 15 is 0 Å². The molecule has 1 heteroatoms. The second-order valence-electron chi connectivity index (χ2n) is 4.18. The molecular formula is C18H23N. The van der Waals surface area contributed by atoms with Crippen LogP contribution >= 0.6 is 0 Å². The maximum absolute atomic E-state index is 8.54. The molecule has 0 aliphatic heterocycles. The molecule has 0 aliphatic rings. The molecule has 100 valence electrons. The van der Waals surface area contributed by atoms with E-state index in [1.165, 1.54) is 17.2 Å². The van der Waals surface area contributed by atoms with Crippen LogP contribution < -0.4 is 0 Å². The third-order valence-electron chi connectivity index (χ3n) is 3.01. The lowest BCUT2D eigenvalue weighted by Gasteiger charge is -2.12. The highest BCUT2D eigenvalue weighted by Crippen LogP contribution is 2.24. The number of hydrogen-bond donors (Lipinski definition) is 0. The van der Waals surface area contributed by atoms with Gasteiger partial charge in [0, 0.05) is 6.08 Å². The van der Waals surface area contributed by atoms with Gasteiger partial charge in [-0.2, -0.15) is 5.26 Å². The molecule has 0 spiro atoms.